The van der Waals surface area contributed by atoms with E-state index in [1.54, 1.807) is 6.07 Å². The maximum atomic E-state index is 12.8. The zero-order valence-electron chi connectivity index (χ0n) is 13.1. The van der Waals surface area contributed by atoms with E-state index in [4.69, 9.17) is 4.74 Å². The van der Waals surface area contributed by atoms with Crippen molar-refractivity contribution in [2.24, 2.45) is 0 Å². The van der Waals surface area contributed by atoms with Crippen molar-refractivity contribution >= 4 is 12.4 Å². The minimum absolute atomic E-state index is 0. The molecule has 0 aliphatic rings. The van der Waals surface area contributed by atoms with Crippen LogP contribution >= 0.6 is 0 Å². The van der Waals surface area contributed by atoms with Crippen LogP contribution < -0.4 is 61.6 Å². The van der Waals surface area contributed by atoms with Crippen molar-refractivity contribution in [2.45, 2.75) is 51.9 Å². The third kappa shape index (κ3) is 9.29. The summed E-state index contributed by atoms with van der Waals surface area (Å²) in [5, 5.41) is 0. The summed E-state index contributed by atoms with van der Waals surface area (Å²) < 4.78 is 43.6. The summed E-state index contributed by atoms with van der Waals surface area (Å²) in [6, 6.07) is 5.45. The van der Waals surface area contributed by atoms with Gasteiger partial charge < -0.3 is 17.7 Å². The number of rotatable bonds is 10. The first-order chi connectivity index (χ1) is 9.55. The Kier molecular flexibility index (Phi) is 12.3. The molecule has 0 aromatic heterocycles. The van der Waals surface area contributed by atoms with Crippen LogP contribution in [0.4, 0.5) is 12.9 Å². The molecule has 114 valence electrons. The van der Waals surface area contributed by atoms with Gasteiger partial charge in [-0.25, -0.2) is 0 Å². The molecule has 0 aliphatic heterocycles. The zero-order valence-corrected chi connectivity index (χ0v) is 16.2. The van der Waals surface area contributed by atoms with Gasteiger partial charge in [-0.3, -0.25) is 0 Å². The second-order valence-electron chi connectivity index (χ2n) is 5.08. The van der Waals surface area contributed by atoms with E-state index in [0.717, 1.165) is 25.3 Å². The Hall–Kier alpha value is 0.511. The van der Waals surface area contributed by atoms with Gasteiger partial charge in [0.25, 0.3) is 0 Å². The maximum Gasteiger partial charge on any atom is 1.00 e. The fraction of sp³-hybridized carbons (Fsp3) is 0.600. The Bertz CT molecular complexity index is 385. The van der Waals surface area contributed by atoms with Crippen molar-refractivity contribution in [1.82, 2.24) is 0 Å². The predicted octanol–water partition coefficient (Wildman–Crippen LogP) is 1.87. The van der Waals surface area contributed by atoms with Crippen molar-refractivity contribution in [3.05, 3.63) is 24.3 Å². The van der Waals surface area contributed by atoms with Crippen LogP contribution in [0.5, 0.6) is 5.75 Å². The number of hydrogen-bond donors (Lipinski definition) is 0. The van der Waals surface area contributed by atoms with E-state index in [-0.39, 0.29) is 57.1 Å². The summed E-state index contributed by atoms with van der Waals surface area (Å²) in [6.07, 6.45) is 7.89. The molecule has 0 N–H and O–H groups in total. The number of ether oxygens (including phenoxy) is 1. The number of hydrogen-bond acceptors (Lipinski definition) is 1. The van der Waals surface area contributed by atoms with Crippen LogP contribution in [0.3, 0.4) is 0 Å². The van der Waals surface area contributed by atoms with Crippen molar-refractivity contribution in [3.8, 4) is 5.75 Å². The van der Waals surface area contributed by atoms with E-state index in [1.807, 2.05) is 0 Å². The molecule has 1 aromatic carbocycles. The molecule has 1 aromatic rings. The fourth-order valence-corrected chi connectivity index (χ4v) is 2.12. The molecular weight excluding hydrogens is 303 g/mol. The van der Waals surface area contributed by atoms with Crippen LogP contribution in [0.15, 0.2) is 24.3 Å². The third-order valence-corrected chi connectivity index (χ3v) is 3.28. The summed E-state index contributed by atoms with van der Waals surface area (Å²) >= 11 is 0. The van der Waals surface area contributed by atoms with Gasteiger partial charge >= 0.3 is 58.4 Å². The molecule has 1 rings (SSSR count). The van der Waals surface area contributed by atoms with E-state index in [0.29, 0.717) is 6.61 Å². The van der Waals surface area contributed by atoms with Crippen LogP contribution in [-0.2, 0) is 0 Å². The van der Waals surface area contributed by atoms with Gasteiger partial charge in [-0.2, -0.15) is 0 Å². The van der Waals surface area contributed by atoms with Gasteiger partial charge in [0.2, 0.25) is 0 Å². The van der Waals surface area contributed by atoms with E-state index in [2.05, 4.69) is 6.92 Å². The van der Waals surface area contributed by atoms with Gasteiger partial charge in [0, 0.05) is 0 Å². The third-order valence-electron chi connectivity index (χ3n) is 3.28. The average molecular weight is 326 g/mol. The molecular formula is C15H23BF3KO. The van der Waals surface area contributed by atoms with Gasteiger partial charge in [-0.15, -0.1) is 0 Å². The molecule has 0 bridgehead atoms. The van der Waals surface area contributed by atoms with Gasteiger partial charge in [-0.1, -0.05) is 69.1 Å². The van der Waals surface area contributed by atoms with Crippen molar-refractivity contribution in [1.29, 1.82) is 0 Å². The number of benzene rings is 1. The summed E-state index contributed by atoms with van der Waals surface area (Å²) in [5.41, 5.74) is -0.629. The van der Waals surface area contributed by atoms with Crippen molar-refractivity contribution in [2.75, 3.05) is 6.61 Å². The predicted molar refractivity (Wildman–Crippen MR) is 78.6 cm³/mol. The molecule has 0 spiro atoms. The summed E-state index contributed by atoms with van der Waals surface area (Å²) in [5.74, 6) is -0.0361. The number of para-hydroxylation sites is 1. The first-order valence-electron chi connectivity index (χ1n) is 7.47. The molecule has 0 fully saturated rings. The quantitative estimate of drug-likeness (QED) is 0.471. The Morgan fingerprint density at radius 1 is 0.905 bits per heavy atom. The number of halogens is 3. The summed E-state index contributed by atoms with van der Waals surface area (Å²) in [4.78, 5) is 0. The minimum atomic E-state index is -5.00. The fourth-order valence-electron chi connectivity index (χ4n) is 2.12. The molecule has 0 aliphatic carbocycles. The smallest absolute Gasteiger partial charge is 0.497 e. The normalized spacial score (nSPS) is 11.0. The van der Waals surface area contributed by atoms with E-state index >= 15 is 0 Å². The largest absolute Gasteiger partial charge is 1.00 e. The first-order valence-corrected chi connectivity index (χ1v) is 7.47. The maximum absolute atomic E-state index is 12.8. The topological polar surface area (TPSA) is 9.23 Å². The molecule has 21 heavy (non-hydrogen) atoms. The molecule has 0 amide bonds. The average Bonchev–Trinajstić information content (AvgIpc) is 2.41. The van der Waals surface area contributed by atoms with Gasteiger partial charge in [0.1, 0.15) is 0 Å². The SMILES string of the molecule is CCCCCCCCCOc1ccccc1[B-](F)(F)F.[K+]. The van der Waals surface area contributed by atoms with Gasteiger partial charge in [0.05, 0.1) is 12.4 Å². The summed E-state index contributed by atoms with van der Waals surface area (Å²) in [6.45, 7) is -2.47. The Labute approximate surface area is 168 Å². The van der Waals surface area contributed by atoms with E-state index in [1.165, 1.54) is 37.8 Å². The second-order valence-corrected chi connectivity index (χ2v) is 5.08. The van der Waals surface area contributed by atoms with Crippen LogP contribution in [0, 0.1) is 0 Å². The molecule has 6 heteroatoms. The van der Waals surface area contributed by atoms with Crippen molar-refractivity contribution < 1.29 is 69.1 Å². The first kappa shape index (κ1) is 21.5. The van der Waals surface area contributed by atoms with Crippen molar-refractivity contribution in [3.63, 3.8) is 0 Å². The zero-order chi connectivity index (χ0) is 14.8. The number of unbranched alkanes of at least 4 members (excludes halogenated alkanes) is 6. The Morgan fingerprint density at radius 3 is 2.10 bits per heavy atom. The van der Waals surface area contributed by atoms with Crippen LogP contribution in [0.25, 0.3) is 0 Å². The Balaban J connectivity index is 0.00000400. The molecule has 0 saturated heterocycles. The monoisotopic (exact) mass is 326 g/mol. The van der Waals surface area contributed by atoms with E-state index in [9.17, 15) is 12.9 Å². The molecule has 1 nitrogen and oxygen atoms in total. The molecule has 0 radical (unpaired) electrons. The standard InChI is InChI=1S/C15H23BF3O.K/c1-2-3-4-5-6-7-10-13-20-15-12-9-8-11-14(15)16(17,18)19;/h8-9,11-12H,2-7,10,13H2,1H3;/q-1;+1. The van der Waals surface area contributed by atoms with Crippen LogP contribution in [-0.4, -0.2) is 13.6 Å². The van der Waals surface area contributed by atoms with Crippen LogP contribution in [0.2, 0.25) is 0 Å². The second kappa shape index (κ2) is 12.0. The molecule has 0 atom stereocenters. The molecule has 0 unspecified atom stereocenters. The van der Waals surface area contributed by atoms with Crippen LogP contribution in [0.1, 0.15) is 51.9 Å². The van der Waals surface area contributed by atoms with E-state index < -0.39 is 12.4 Å². The summed E-state index contributed by atoms with van der Waals surface area (Å²) in [7, 11) is 0. The minimum Gasteiger partial charge on any atom is -0.497 e. The van der Waals surface area contributed by atoms with Gasteiger partial charge in [-0.05, 0) is 12.5 Å². The molecule has 0 heterocycles. The van der Waals surface area contributed by atoms with Gasteiger partial charge in [0.15, 0.2) is 0 Å². The molecule has 0 saturated carbocycles. The Morgan fingerprint density at radius 2 is 1.48 bits per heavy atom.